The molecular formula is C12H17NO2. The van der Waals surface area contributed by atoms with Crippen molar-refractivity contribution in [2.45, 2.75) is 26.0 Å². The lowest BCUT2D eigenvalue weighted by Gasteiger charge is -2.09. The third kappa shape index (κ3) is 4.61. The number of rotatable bonds is 5. The van der Waals surface area contributed by atoms with E-state index in [-0.39, 0.29) is 12.0 Å². The molecule has 0 radical (unpaired) electrons. The molecule has 0 amide bonds. The minimum Gasteiger partial charge on any atom is -0.461 e. The molecule has 0 saturated heterocycles. The molecule has 3 nitrogen and oxygen atoms in total. The standard InChI is InChI=1S/C12H17NO2/c1-10(13-2)8-12(14)15-9-11-6-4-3-5-7-11/h3-7,10,13H,8-9H2,1-2H3. The number of benzene rings is 1. The fourth-order valence-corrected chi connectivity index (χ4v) is 1.15. The first kappa shape index (κ1) is 11.7. The molecule has 1 N–H and O–H groups in total. The summed E-state index contributed by atoms with van der Waals surface area (Å²) < 4.78 is 5.12. The minimum atomic E-state index is -0.166. The van der Waals surface area contributed by atoms with Crippen LogP contribution in [0.1, 0.15) is 18.9 Å². The lowest BCUT2D eigenvalue weighted by molar-refractivity contribution is -0.145. The Labute approximate surface area is 90.4 Å². The summed E-state index contributed by atoms with van der Waals surface area (Å²) in [4.78, 5) is 11.3. The van der Waals surface area contributed by atoms with Gasteiger partial charge in [0.2, 0.25) is 0 Å². The first-order valence-electron chi connectivity index (χ1n) is 5.09. The van der Waals surface area contributed by atoms with Gasteiger partial charge in [-0.1, -0.05) is 30.3 Å². The summed E-state index contributed by atoms with van der Waals surface area (Å²) in [5, 5.41) is 2.99. The van der Waals surface area contributed by atoms with Crippen LogP contribution in [0.15, 0.2) is 30.3 Å². The normalized spacial score (nSPS) is 12.1. The van der Waals surface area contributed by atoms with E-state index >= 15 is 0 Å². The molecule has 0 aliphatic carbocycles. The average Bonchev–Trinajstić information content (AvgIpc) is 2.27. The van der Waals surface area contributed by atoms with Crippen LogP contribution < -0.4 is 5.32 Å². The van der Waals surface area contributed by atoms with Gasteiger partial charge in [0.05, 0.1) is 6.42 Å². The van der Waals surface area contributed by atoms with Gasteiger partial charge in [-0.25, -0.2) is 0 Å². The van der Waals surface area contributed by atoms with Crippen LogP contribution in [0.4, 0.5) is 0 Å². The van der Waals surface area contributed by atoms with Gasteiger partial charge in [-0.05, 0) is 19.5 Å². The van der Waals surface area contributed by atoms with Crippen LogP contribution in [-0.4, -0.2) is 19.1 Å². The molecule has 1 aromatic carbocycles. The van der Waals surface area contributed by atoms with Crippen LogP contribution in [0, 0.1) is 0 Å². The van der Waals surface area contributed by atoms with Crippen molar-refractivity contribution in [3.05, 3.63) is 35.9 Å². The first-order chi connectivity index (χ1) is 7.22. The molecule has 1 atom stereocenters. The lowest BCUT2D eigenvalue weighted by Crippen LogP contribution is -2.25. The van der Waals surface area contributed by atoms with Gasteiger partial charge in [0.1, 0.15) is 6.61 Å². The van der Waals surface area contributed by atoms with Gasteiger partial charge in [0, 0.05) is 6.04 Å². The van der Waals surface area contributed by atoms with Crippen LogP contribution in [0.5, 0.6) is 0 Å². The van der Waals surface area contributed by atoms with Crippen LogP contribution in [0.3, 0.4) is 0 Å². The average molecular weight is 207 g/mol. The Hall–Kier alpha value is -1.35. The highest BCUT2D eigenvalue weighted by Crippen LogP contribution is 2.02. The van der Waals surface area contributed by atoms with Gasteiger partial charge in [0.25, 0.3) is 0 Å². The van der Waals surface area contributed by atoms with E-state index in [9.17, 15) is 4.79 Å². The van der Waals surface area contributed by atoms with Gasteiger partial charge in [-0.3, -0.25) is 4.79 Å². The van der Waals surface area contributed by atoms with Crippen molar-refractivity contribution in [2.75, 3.05) is 7.05 Å². The summed E-state index contributed by atoms with van der Waals surface area (Å²) in [6, 6.07) is 9.84. The molecule has 0 bridgehead atoms. The largest absolute Gasteiger partial charge is 0.461 e. The number of ether oxygens (including phenoxy) is 1. The number of esters is 1. The molecule has 3 heteroatoms. The van der Waals surface area contributed by atoms with Gasteiger partial charge in [0.15, 0.2) is 0 Å². The third-order valence-electron chi connectivity index (χ3n) is 2.21. The number of hydrogen-bond donors (Lipinski definition) is 1. The molecule has 1 rings (SSSR count). The molecule has 0 heterocycles. The second-order valence-electron chi connectivity index (χ2n) is 3.54. The van der Waals surface area contributed by atoms with Crippen molar-refractivity contribution in [3.8, 4) is 0 Å². The maximum absolute atomic E-state index is 11.3. The second kappa shape index (κ2) is 6.19. The molecule has 82 valence electrons. The van der Waals surface area contributed by atoms with E-state index in [1.54, 1.807) is 0 Å². The van der Waals surface area contributed by atoms with Crippen molar-refractivity contribution >= 4 is 5.97 Å². The third-order valence-corrected chi connectivity index (χ3v) is 2.21. The zero-order chi connectivity index (χ0) is 11.1. The fraction of sp³-hybridized carbons (Fsp3) is 0.417. The molecule has 0 aliphatic heterocycles. The monoisotopic (exact) mass is 207 g/mol. The van der Waals surface area contributed by atoms with Gasteiger partial charge in [-0.15, -0.1) is 0 Å². The lowest BCUT2D eigenvalue weighted by atomic mass is 10.2. The first-order valence-corrected chi connectivity index (χ1v) is 5.09. The Balaban J connectivity index is 2.29. The molecular weight excluding hydrogens is 190 g/mol. The van der Waals surface area contributed by atoms with Crippen molar-refractivity contribution < 1.29 is 9.53 Å². The Morgan fingerprint density at radius 3 is 2.67 bits per heavy atom. The number of hydrogen-bond acceptors (Lipinski definition) is 3. The summed E-state index contributed by atoms with van der Waals surface area (Å²) in [7, 11) is 1.83. The van der Waals surface area contributed by atoms with Crippen molar-refractivity contribution in [3.63, 3.8) is 0 Å². The molecule has 1 aromatic rings. The van der Waals surface area contributed by atoms with E-state index in [2.05, 4.69) is 5.32 Å². The van der Waals surface area contributed by atoms with E-state index in [1.807, 2.05) is 44.3 Å². The molecule has 15 heavy (non-hydrogen) atoms. The van der Waals surface area contributed by atoms with E-state index < -0.39 is 0 Å². The summed E-state index contributed by atoms with van der Waals surface area (Å²) in [6.07, 6.45) is 0.406. The zero-order valence-electron chi connectivity index (χ0n) is 9.19. The topological polar surface area (TPSA) is 38.3 Å². The predicted molar refractivity (Wildman–Crippen MR) is 59.4 cm³/mol. The van der Waals surface area contributed by atoms with Gasteiger partial charge < -0.3 is 10.1 Å². The van der Waals surface area contributed by atoms with Gasteiger partial charge >= 0.3 is 5.97 Å². The molecule has 0 saturated carbocycles. The Morgan fingerprint density at radius 1 is 1.40 bits per heavy atom. The van der Waals surface area contributed by atoms with Crippen LogP contribution in [0.2, 0.25) is 0 Å². The summed E-state index contributed by atoms with van der Waals surface area (Å²) in [5.74, 6) is -0.166. The zero-order valence-corrected chi connectivity index (χ0v) is 9.19. The predicted octanol–water partition coefficient (Wildman–Crippen LogP) is 1.73. The summed E-state index contributed by atoms with van der Waals surface area (Å²) in [6.45, 7) is 2.31. The van der Waals surface area contributed by atoms with E-state index in [1.165, 1.54) is 0 Å². The molecule has 0 fully saturated rings. The van der Waals surface area contributed by atoms with Crippen molar-refractivity contribution in [1.29, 1.82) is 0 Å². The van der Waals surface area contributed by atoms with E-state index in [0.717, 1.165) is 5.56 Å². The Morgan fingerprint density at radius 2 is 2.07 bits per heavy atom. The second-order valence-corrected chi connectivity index (χ2v) is 3.54. The number of carbonyl (C=O) groups is 1. The minimum absolute atomic E-state index is 0.160. The smallest absolute Gasteiger partial charge is 0.307 e. The molecule has 0 spiro atoms. The van der Waals surface area contributed by atoms with Crippen LogP contribution in [0.25, 0.3) is 0 Å². The highest BCUT2D eigenvalue weighted by Gasteiger charge is 2.07. The molecule has 0 aliphatic rings. The number of nitrogens with one attached hydrogen (secondary N) is 1. The summed E-state index contributed by atoms with van der Waals surface area (Å²) >= 11 is 0. The number of carbonyl (C=O) groups excluding carboxylic acids is 1. The van der Waals surface area contributed by atoms with Crippen LogP contribution >= 0.6 is 0 Å². The maximum Gasteiger partial charge on any atom is 0.307 e. The van der Waals surface area contributed by atoms with E-state index in [0.29, 0.717) is 13.0 Å². The highest BCUT2D eigenvalue weighted by molar-refractivity contribution is 5.70. The van der Waals surface area contributed by atoms with Crippen LogP contribution in [-0.2, 0) is 16.1 Å². The molecule has 0 aromatic heterocycles. The van der Waals surface area contributed by atoms with E-state index in [4.69, 9.17) is 4.74 Å². The van der Waals surface area contributed by atoms with Gasteiger partial charge in [-0.2, -0.15) is 0 Å². The quantitative estimate of drug-likeness (QED) is 0.747. The Kier molecular flexibility index (Phi) is 4.84. The summed E-state index contributed by atoms with van der Waals surface area (Å²) in [5.41, 5.74) is 1.02. The Bertz CT molecular complexity index is 298. The van der Waals surface area contributed by atoms with Crippen molar-refractivity contribution in [1.82, 2.24) is 5.32 Å². The maximum atomic E-state index is 11.3. The van der Waals surface area contributed by atoms with Crippen molar-refractivity contribution in [2.24, 2.45) is 0 Å². The highest BCUT2D eigenvalue weighted by atomic mass is 16.5. The SMILES string of the molecule is CNC(C)CC(=O)OCc1ccccc1. The molecule has 1 unspecified atom stereocenters. The fourth-order valence-electron chi connectivity index (χ4n) is 1.15.